The number of β-amino-alcohol motifs (C(OH)–C–C–N with tert-alkyl or cyclic N) is 1. The van der Waals surface area contributed by atoms with Crippen molar-refractivity contribution in [1.82, 2.24) is 10.0 Å². The van der Waals surface area contributed by atoms with Crippen molar-refractivity contribution in [3.8, 4) is 0 Å². The van der Waals surface area contributed by atoms with Gasteiger partial charge in [0, 0.05) is 26.2 Å². The number of hydrogen-bond acceptors (Lipinski definition) is 3. The molecule has 1 fully saturated rings. The van der Waals surface area contributed by atoms with Crippen molar-refractivity contribution >= 4 is 0 Å². The van der Waals surface area contributed by atoms with Crippen molar-refractivity contribution in [2.45, 2.75) is 31.9 Å². The highest BCUT2D eigenvalue weighted by molar-refractivity contribution is 5.28. The van der Waals surface area contributed by atoms with Crippen molar-refractivity contribution in [2.24, 2.45) is 0 Å². The van der Waals surface area contributed by atoms with Crippen molar-refractivity contribution in [3.63, 3.8) is 0 Å². The highest BCUT2D eigenvalue weighted by Gasteiger charge is 2.25. The van der Waals surface area contributed by atoms with Crippen molar-refractivity contribution < 1.29 is 5.11 Å². The van der Waals surface area contributed by atoms with Gasteiger partial charge in [0.1, 0.15) is 0 Å². The average Bonchev–Trinajstić information content (AvgIpc) is 2.38. The molecule has 0 spiro atoms. The number of aliphatic hydroxyl groups is 1. The van der Waals surface area contributed by atoms with Gasteiger partial charge in [-0.3, -0.25) is 0 Å². The van der Waals surface area contributed by atoms with Crippen molar-refractivity contribution in [2.75, 3.05) is 19.6 Å². The molecule has 3 heteroatoms. The molecule has 17 heavy (non-hydrogen) atoms. The van der Waals surface area contributed by atoms with Crippen molar-refractivity contribution in [1.29, 1.82) is 0 Å². The molecule has 2 aliphatic rings. The third-order valence-corrected chi connectivity index (χ3v) is 3.89. The van der Waals surface area contributed by atoms with Crippen LogP contribution >= 0.6 is 0 Å². The third kappa shape index (κ3) is 2.37. The molecular formula is C14H20N2O. The van der Waals surface area contributed by atoms with Gasteiger partial charge in [-0.05, 0) is 30.4 Å². The molecule has 1 N–H and O–H groups in total. The molecule has 0 saturated carbocycles. The summed E-state index contributed by atoms with van der Waals surface area (Å²) in [5.41, 5.74) is 2.93. The highest BCUT2D eigenvalue weighted by Crippen LogP contribution is 2.22. The molecule has 0 amide bonds. The van der Waals surface area contributed by atoms with Gasteiger partial charge >= 0.3 is 0 Å². The first-order valence-electron chi connectivity index (χ1n) is 6.57. The SMILES string of the molecule is OC1CCCN(N2CCc3ccccc3C2)C1. The average molecular weight is 232 g/mol. The summed E-state index contributed by atoms with van der Waals surface area (Å²) in [5.74, 6) is 0. The summed E-state index contributed by atoms with van der Waals surface area (Å²) >= 11 is 0. The first kappa shape index (κ1) is 11.2. The van der Waals surface area contributed by atoms with E-state index in [-0.39, 0.29) is 6.10 Å². The number of fused-ring (bicyclic) bond motifs is 1. The summed E-state index contributed by atoms with van der Waals surface area (Å²) in [4.78, 5) is 0. The third-order valence-electron chi connectivity index (χ3n) is 3.89. The number of piperidine rings is 1. The minimum absolute atomic E-state index is 0.138. The Kier molecular flexibility index (Phi) is 3.14. The van der Waals surface area contributed by atoms with Crippen LogP contribution in [0.25, 0.3) is 0 Å². The zero-order chi connectivity index (χ0) is 11.7. The molecular weight excluding hydrogens is 212 g/mol. The maximum Gasteiger partial charge on any atom is 0.0681 e. The first-order valence-corrected chi connectivity index (χ1v) is 6.57. The quantitative estimate of drug-likeness (QED) is 0.793. The van der Waals surface area contributed by atoms with Crippen LogP contribution in [0.2, 0.25) is 0 Å². The predicted octanol–water partition coefficient (Wildman–Crippen LogP) is 1.42. The lowest BCUT2D eigenvalue weighted by atomic mass is 10.0. The minimum atomic E-state index is -0.138. The van der Waals surface area contributed by atoms with Gasteiger partial charge in [0.05, 0.1) is 6.10 Å². The molecule has 0 aromatic heterocycles. The first-order chi connectivity index (χ1) is 8.33. The molecule has 1 unspecified atom stereocenters. The van der Waals surface area contributed by atoms with Crippen LogP contribution in [0.3, 0.4) is 0 Å². The van der Waals surface area contributed by atoms with Gasteiger partial charge in [-0.2, -0.15) is 0 Å². The normalized spacial score (nSPS) is 26.8. The summed E-state index contributed by atoms with van der Waals surface area (Å²) in [7, 11) is 0. The Hall–Kier alpha value is -0.900. The molecule has 1 atom stereocenters. The standard InChI is InChI=1S/C14H20N2O/c17-14-6-3-8-15(11-14)16-9-7-12-4-1-2-5-13(12)10-16/h1-2,4-5,14,17H,3,6-11H2. The fourth-order valence-electron chi connectivity index (χ4n) is 2.91. The Balaban J connectivity index is 1.71. The summed E-state index contributed by atoms with van der Waals surface area (Å²) in [6.45, 7) is 3.99. The smallest absolute Gasteiger partial charge is 0.0681 e. The van der Waals surface area contributed by atoms with Gasteiger partial charge in [0.2, 0.25) is 0 Å². The molecule has 0 aliphatic carbocycles. The van der Waals surface area contributed by atoms with Crippen LogP contribution in [0.1, 0.15) is 24.0 Å². The molecule has 1 saturated heterocycles. The molecule has 92 valence electrons. The summed E-state index contributed by atoms with van der Waals surface area (Å²) in [5, 5.41) is 14.5. The fraction of sp³-hybridized carbons (Fsp3) is 0.571. The predicted molar refractivity (Wildman–Crippen MR) is 67.4 cm³/mol. The lowest BCUT2D eigenvalue weighted by molar-refractivity contribution is -0.0844. The minimum Gasteiger partial charge on any atom is -0.392 e. The summed E-state index contributed by atoms with van der Waals surface area (Å²) in [6, 6.07) is 8.70. The molecule has 1 aromatic rings. The van der Waals surface area contributed by atoms with Crippen LogP contribution in [0.5, 0.6) is 0 Å². The monoisotopic (exact) mass is 232 g/mol. The number of rotatable bonds is 1. The van der Waals surface area contributed by atoms with Crippen LogP contribution in [-0.2, 0) is 13.0 Å². The number of aliphatic hydroxyl groups excluding tert-OH is 1. The van der Waals surface area contributed by atoms with E-state index in [9.17, 15) is 5.11 Å². The van der Waals surface area contributed by atoms with Crippen LogP contribution in [0.4, 0.5) is 0 Å². The van der Waals surface area contributed by atoms with Gasteiger partial charge in [0.15, 0.2) is 0 Å². The van der Waals surface area contributed by atoms with E-state index in [0.29, 0.717) is 0 Å². The summed E-state index contributed by atoms with van der Waals surface area (Å²) in [6.07, 6.45) is 3.06. The van der Waals surface area contributed by atoms with E-state index in [4.69, 9.17) is 0 Å². The molecule has 2 heterocycles. The molecule has 0 radical (unpaired) electrons. The summed E-state index contributed by atoms with van der Waals surface area (Å²) < 4.78 is 0. The molecule has 2 aliphatic heterocycles. The molecule has 1 aromatic carbocycles. The lowest BCUT2D eigenvalue weighted by Gasteiger charge is -2.41. The fourth-order valence-corrected chi connectivity index (χ4v) is 2.91. The van der Waals surface area contributed by atoms with Crippen LogP contribution in [-0.4, -0.2) is 40.9 Å². The number of nitrogens with zero attached hydrogens (tertiary/aromatic N) is 2. The van der Waals surface area contributed by atoms with Gasteiger partial charge in [-0.25, -0.2) is 10.0 Å². The second kappa shape index (κ2) is 4.77. The van der Waals surface area contributed by atoms with Gasteiger partial charge in [-0.15, -0.1) is 0 Å². The zero-order valence-electron chi connectivity index (χ0n) is 10.2. The second-order valence-corrected chi connectivity index (χ2v) is 5.12. The van der Waals surface area contributed by atoms with Gasteiger partial charge < -0.3 is 5.11 Å². The molecule has 3 nitrogen and oxygen atoms in total. The topological polar surface area (TPSA) is 26.7 Å². The van der Waals surface area contributed by atoms with E-state index in [2.05, 4.69) is 34.3 Å². The van der Waals surface area contributed by atoms with Gasteiger partial charge in [-0.1, -0.05) is 24.3 Å². The number of benzene rings is 1. The highest BCUT2D eigenvalue weighted by atomic mass is 16.3. The number of hydrazine groups is 1. The lowest BCUT2D eigenvalue weighted by Crippen LogP contribution is -2.51. The van der Waals surface area contributed by atoms with Crippen LogP contribution in [0, 0.1) is 0 Å². The Morgan fingerprint density at radius 3 is 2.71 bits per heavy atom. The van der Waals surface area contributed by atoms with Gasteiger partial charge in [0.25, 0.3) is 0 Å². The van der Waals surface area contributed by atoms with Crippen LogP contribution < -0.4 is 0 Å². The maximum absolute atomic E-state index is 9.74. The Bertz CT molecular complexity index is 394. The largest absolute Gasteiger partial charge is 0.392 e. The molecule has 0 bridgehead atoms. The van der Waals surface area contributed by atoms with E-state index < -0.39 is 0 Å². The second-order valence-electron chi connectivity index (χ2n) is 5.12. The number of hydrogen-bond donors (Lipinski definition) is 1. The maximum atomic E-state index is 9.74. The van der Waals surface area contributed by atoms with Crippen molar-refractivity contribution in [3.05, 3.63) is 35.4 Å². The Labute approximate surface area is 103 Å². The zero-order valence-corrected chi connectivity index (χ0v) is 10.2. The van der Waals surface area contributed by atoms with E-state index in [0.717, 1.165) is 45.4 Å². The molecule has 3 rings (SSSR count). The Morgan fingerprint density at radius 1 is 1.06 bits per heavy atom. The van der Waals surface area contributed by atoms with E-state index in [1.54, 1.807) is 0 Å². The Morgan fingerprint density at radius 2 is 1.88 bits per heavy atom. The van der Waals surface area contributed by atoms with E-state index in [1.165, 1.54) is 11.1 Å². The van der Waals surface area contributed by atoms with Crippen LogP contribution in [0.15, 0.2) is 24.3 Å². The van der Waals surface area contributed by atoms with E-state index in [1.807, 2.05) is 0 Å². The van der Waals surface area contributed by atoms with E-state index >= 15 is 0 Å².